The number of rotatable bonds is 0. The molecular weight excluding hydrogens is 190 g/mol. The Kier molecular flexibility index (Phi) is 38.2. The van der Waals surface area contributed by atoms with Crippen LogP contribution in [0.2, 0.25) is 0 Å². The van der Waals surface area contributed by atoms with Crippen LogP contribution in [0.25, 0.3) is 0 Å². The predicted octanol–water partition coefficient (Wildman–Crippen LogP) is -7.56. The molecule has 0 amide bonds. The van der Waals surface area contributed by atoms with E-state index >= 15 is 0 Å². The summed E-state index contributed by atoms with van der Waals surface area (Å²) in [5.41, 5.74) is 0. The molecule has 0 aliphatic carbocycles. The molecule has 0 aromatic carbocycles. The van der Waals surface area contributed by atoms with Gasteiger partial charge in [-0.3, -0.25) is 0 Å². The van der Waals surface area contributed by atoms with Crippen LogP contribution in [0.5, 0.6) is 0 Å². The minimum Gasteiger partial charge on any atom is -0.652 e. The van der Waals surface area contributed by atoms with Crippen molar-refractivity contribution in [2.24, 2.45) is 0 Å². The summed E-state index contributed by atoms with van der Waals surface area (Å²) in [5, 5.41) is 16.7. The number of hydrogen-bond donors (Lipinski definition) is 0. The Morgan fingerprint density at radius 1 is 1.10 bits per heavy atom. The zero-order chi connectivity index (χ0) is 7.15. The summed E-state index contributed by atoms with van der Waals surface area (Å²) in [6.45, 7) is 0. The van der Waals surface area contributed by atoms with E-state index in [-0.39, 0.29) is 59.1 Å². The molecular formula is CAlF3Na2O3. The van der Waals surface area contributed by atoms with E-state index in [1.807, 2.05) is 0 Å². The number of halogens is 3. The van der Waals surface area contributed by atoms with Gasteiger partial charge in [-0.2, -0.15) is 0 Å². The molecule has 0 rings (SSSR count). The van der Waals surface area contributed by atoms with Crippen molar-refractivity contribution in [2.75, 3.05) is 0 Å². The Bertz CT molecular complexity index is 66.0. The molecule has 0 aliphatic heterocycles. The van der Waals surface area contributed by atoms with Gasteiger partial charge >= 0.3 is 74.6 Å². The van der Waals surface area contributed by atoms with Gasteiger partial charge in [-0.1, -0.05) is 0 Å². The Balaban J connectivity index is -0.0000000300. The molecule has 9 heteroatoms. The summed E-state index contributed by atoms with van der Waals surface area (Å²) in [6.07, 6.45) is -2.33. The summed E-state index contributed by atoms with van der Waals surface area (Å²) in [4.78, 5) is 8.33. The third-order valence-electron chi connectivity index (χ3n) is 0. The number of hydrogen-bond acceptors (Lipinski definition) is 3. The fraction of sp³-hybridized carbons (Fsp3) is 0. The third-order valence-corrected chi connectivity index (χ3v) is 0. The topological polar surface area (TPSA) is 63.2 Å². The van der Waals surface area contributed by atoms with E-state index in [4.69, 9.17) is 15.0 Å². The monoisotopic (exact) mass is 190 g/mol. The van der Waals surface area contributed by atoms with Crippen molar-refractivity contribution in [3.63, 3.8) is 0 Å². The zero-order valence-electron chi connectivity index (χ0n) is 5.44. The summed E-state index contributed by atoms with van der Waals surface area (Å²) in [5.74, 6) is 0. The maximum Gasteiger partial charge on any atom is 1.04 e. The first-order chi connectivity index (χ1) is 3.46. The summed E-state index contributed by atoms with van der Waals surface area (Å²) in [6, 6.07) is 0. The summed E-state index contributed by atoms with van der Waals surface area (Å²) >= 11 is -4.64. The second-order valence-corrected chi connectivity index (χ2v) is 0.992. The molecule has 0 saturated heterocycles. The van der Waals surface area contributed by atoms with Crippen LogP contribution < -0.4 is 69.3 Å². The molecule has 3 nitrogen and oxygen atoms in total. The van der Waals surface area contributed by atoms with Crippen LogP contribution in [0.1, 0.15) is 0 Å². The SMILES string of the molecule is O=C([O-])[O-].[F][Al]([F])[F].[Na+].[Na+]. The molecule has 48 valence electrons. The van der Waals surface area contributed by atoms with Gasteiger partial charge in [0.05, 0.1) is 0 Å². The average molecular weight is 190 g/mol. The molecule has 0 aromatic heterocycles. The average Bonchev–Trinajstić information content (AvgIpc) is 1.25. The van der Waals surface area contributed by atoms with Crippen molar-refractivity contribution in [3.8, 4) is 0 Å². The van der Waals surface area contributed by atoms with E-state index in [1.165, 1.54) is 0 Å². The van der Waals surface area contributed by atoms with E-state index < -0.39 is 21.7 Å². The van der Waals surface area contributed by atoms with Crippen molar-refractivity contribution in [2.45, 2.75) is 0 Å². The fourth-order valence-corrected chi connectivity index (χ4v) is 0. The van der Waals surface area contributed by atoms with Gasteiger partial charge in [0.1, 0.15) is 0 Å². The number of carboxylic acid groups (broad SMARTS) is 2. The third kappa shape index (κ3) is 279. The van der Waals surface area contributed by atoms with Gasteiger partial charge in [0.2, 0.25) is 0 Å². The summed E-state index contributed by atoms with van der Waals surface area (Å²) in [7, 11) is 0. The number of carbonyl (C=O) groups is 1. The van der Waals surface area contributed by atoms with Gasteiger partial charge in [-0.05, 0) is 6.16 Å². The largest absolute Gasteiger partial charge is 1.04 e. The van der Waals surface area contributed by atoms with Gasteiger partial charge < -0.3 is 25.6 Å². The van der Waals surface area contributed by atoms with Crippen LogP contribution in [0, 0.1) is 0 Å². The van der Waals surface area contributed by atoms with E-state index in [1.54, 1.807) is 0 Å². The second-order valence-electron chi connectivity index (χ2n) is 0.497. The normalized spacial score (nSPS) is 5.10. The molecule has 0 unspecified atom stereocenters. The molecule has 10 heavy (non-hydrogen) atoms. The summed E-state index contributed by atoms with van der Waals surface area (Å²) < 4.78 is 29.4. The Labute approximate surface area is 105 Å². The van der Waals surface area contributed by atoms with Gasteiger partial charge in [0, 0.05) is 0 Å². The predicted molar refractivity (Wildman–Crippen MR) is 14.5 cm³/mol. The van der Waals surface area contributed by atoms with Gasteiger partial charge in [0.25, 0.3) is 0 Å². The van der Waals surface area contributed by atoms with Crippen molar-refractivity contribution >= 4 is 21.7 Å². The first-order valence-corrected chi connectivity index (χ1v) is 2.58. The van der Waals surface area contributed by atoms with Gasteiger partial charge in [0.15, 0.2) is 0 Å². The molecule has 0 radical (unpaired) electrons. The molecule has 0 N–H and O–H groups in total. The molecule has 0 atom stereocenters. The van der Waals surface area contributed by atoms with E-state index in [9.17, 15) is 10.6 Å². The fourth-order valence-electron chi connectivity index (χ4n) is 0. The van der Waals surface area contributed by atoms with Crippen LogP contribution in [0.3, 0.4) is 0 Å². The standard InChI is InChI=1S/CH2O3.Al.3FH.2Na/c2-1(3)4;;;;;;/h(H2,2,3,4);;3*1H;;/q;+3;;;;2*+1/p-5. The smallest absolute Gasteiger partial charge is 0.652 e. The molecule has 0 saturated carbocycles. The van der Waals surface area contributed by atoms with Crippen molar-refractivity contribution in [1.82, 2.24) is 0 Å². The van der Waals surface area contributed by atoms with Gasteiger partial charge in [-0.15, -0.1) is 0 Å². The minimum absolute atomic E-state index is 0. The molecule has 0 aliphatic rings. The molecule has 0 spiro atoms. The minimum atomic E-state index is -4.64. The van der Waals surface area contributed by atoms with Crippen LogP contribution >= 0.6 is 0 Å². The van der Waals surface area contributed by atoms with Gasteiger partial charge in [-0.25, -0.2) is 0 Å². The van der Waals surface area contributed by atoms with Crippen LogP contribution in [0.15, 0.2) is 0 Å². The van der Waals surface area contributed by atoms with Crippen LogP contribution in [0.4, 0.5) is 15.4 Å². The molecule has 0 fully saturated rings. The molecule has 0 bridgehead atoms. The zero-order valence-corrected chi connectivity index (χ0v) is 10.6. The Morgan fingerprint density at radius 3 is 1.10 bits per heavy atom. The van der Waals surface area contributed by atoms with Crippen molar-refractivity contribution < 1.29 is 84.7 Å². The number of carbonyl (C=O) groups excluding carboxylic acids is 1. The maximum absolute atomic E-state index is 9.81. The molecule has 0 aromatic rings. The van der Waals surface area contributed by atoms with Crippen LogP contribution in [-0.2, 0) is 0 Å². The van der Waals surface area contributed by atoms with E-state index in [0.29, 0.717) is 0 Å². The van der Waals surface area contributed by atoms with Crippen molar-refractivity contribution in [1.29, 1.82) is 0 Å². The molecule has 0 heterocycles. The van der Waals surface area contributed by atoms with E-state index in [0.717, 1.165) is 0 Å². The van der Waals surface area contributed by atoms with Crippen LogP contribution in [-0.4, -0.2) is 21.7 Å². The Morgan fingerprint density at radius 2 is 1.10 bits per heavy atom. The maximum atomic E-state index is 9.81. The quantitative estimate of drug-likeness (QED) is 0.356. The second kappa shape index (κ2) is 16.9. The first kappa shape index (κ1) is 22.6. The van der Waals surface area contributed by atoms with E-state index in [2.05, 4.69) is 0 Å². The first-order valence-electron chi connectivity index (χ1n) is 1.27. The van der Waals surface area contributed by atoms with Crippen molar-refractivity contribution in [3.05, 3.63) is 0 Å². The Hall–Kier alpha value is 1.59.